The van der Waals surface area contributed by atoms with Gasteiger partial charge in [-0.1, -0.05) is 80.3 Å². The standard InChI is InChI=1S/C33H27F4N3O4S2/c1-32(2,3)18-10-8-17(9-11-18)24-25-26(29(43)40(28(25)42)22-7-5-4-6-21(22)33(35,36)37)45-30-27(24)46-31(44)39(30)16-23(41)38-20-14-12-19(34)13-15-20/h4-15,24-26H,16H2,1-3H3,(H,38,41)/t24-,25?,26?/m1/s1. The lowest BCUT2D eigenvalue weighted by Crippen LogP contribution is -2.33. The Hall–Kier alpha value is -4.23. The predicted octanol–water partition coefficient (Wildman–Crippen LogP) is 6.80. The molecule has 0 spiro atoms. The van der Waals surface area contributed by atoms with Gasteiger partial charge in [-0.25, -0.2) is 9.29 Å². The van der Waals surface area contributed by atoms with Gasteiger partial charge in [0.25, 0.3) is 0 Å². The average molecular weight is 670 g/mol. The molecule has 4 aromatic rings. The number of carbonyl (C=O) groups is 3. The Morgan fingerprint density at radius 2 is 1.54 bits per heavy atom. The molecule has 7 nitrogen and oxygen atoms in total. The number of hydrogen-bond acceptors (Lipinski definition) is 6. The Bertz CT molecular complexity index is 1910. The number of nitrogens with one attached hydrogen (secondary N) is 1. The molecule has 1 aromatic heterocycles. The number of imide groups is 1. The van der Waals surface area contributed by atoms with Gasteiger partial charge in [0.2, 0.25) is 17.7 Å². The molecule has 1 N–H and O–H groups in total. The summed E-state index contributed by atoms with van der Waals surface area (Å²) in [6.45, 7) is 5.66. The van der Waals surface area contributed by atoms with Crippen molar-refractivity contribution in [2.75, 3.05) is 10.2 Å². The number of fused-ring (bicyclic) bond motifs is 2. The minimum absolute atomic E-state index is 0.197. The number of rotatable bonds is 5. The highest BCUT2D eigenvalue weighted by Crippen LogP contribution is 2.54. The van der Waals surface area contributed by atoms with Crippen LogP contribution in [0.5, 0.6) is 0 Å². The van der Waals surface area contributed by atoms with Crippen molar-refractivity contribution in [3.8, 4) is 0 Å². The van der Waals surface area contributed by atoms with Crippen molar-refractivity contribution in [1.82, 2.24) is 4.57 Å². The van der Waals surface area contributed by atoms with Gasteiger partial charge in [0.05, 0.1) is 22.2 Å². The van der Waals surface area contributed by atoms with Gasteiger partial charge in [0.15, 0.2) is 0 Å². The summed E-state index contributed by atoms with van der Waals surface area (Å²) in [5.74, 6) is -4.65. The first-order chi connectivity index (χ1) is 21.6. The lowest BCUT2D eigenvalue weighted by atomic mass is 9.81. The van der Waals surface area contributed by atoms with Crippen LogP contribution in [0.2, 0.25) is 0 Å². The maximum absolute atomic E-state index is 14.1. The van der Waals surface area contributed by atoms with Gasteiger partial charge in [-0.15, -0.1) is 0 Å². The number of aromatic nitrogens is 1. The fourth-order valence-corrected chi connectivity index (χ4v) is 8.60. The lowest BCUT2D eigenvalue weighted by Gasteiger charge is -2.31. The first-order valence-electron chi connectivity index (χ1n) is 14.2. The van der Waals surface area contributed by atoms with Crippen LogP contribution >= 0.6 is 23.1 Å². The molecule has 46 heavy (non-hydrogen) atoms. The normalized spacial score (nSPS) is 19.6. The van der Waals surface area contributed by atoms with Crippen LogP contribution in [0.15, 0.2) is 82.6 Å². The van der Waals surface area contributed by atoms with Crippen molar-refractivity contribution < 1.29 is 31.9 Å². The third-order valence-corrected chi connectivity index (χ3v) is 10.7. The van der Waals surface area contributed by atoms with Crippen molar-refractivity contribution >= 4 is 52.2 Å². The van der Waals surface area contributed by atoms with Crippen molar-refractivity contribution in [2.24, 2.45) is 5.92 Å². The molecule has 3 amide bonds. The monoisotopic (exact) mass is 669 g/mol. The minimum Gasteiger partial charge on any atom is -0.325 e. The van der Waals surface area contributed by atoms with Crippen molar-refractivity contribution in [2.45, 2.75) is 55.1 Å². The summed E-state index contributed by atoms with van der Waals surface area (Å²) in [5, 5.41) is 1.75. The Morgan fingerprint density at radius 3 is 2.17 bits per heavy atom. The van der Waals surface area contributed by atoms with E-state index >= 15 is 0 Å². The molecule has 6 rings (SSSR count). The third-order valence-electron chi connectivity index (χ3n) is 8.07. The largest absolute Gasteiger partial charge is 0.418 e. The number of thiazole rings is 1. The number of carbonyl (C=O) groups excluding carboxylic acids is 3. The molecule has 3 aromatic carbocycles. The van der Waals surface area contributed by atoms with Crippen LogP contribution in [0.3, 0.4) is 0 Å². The SMILES string of the molecule is CC(C)(C)c1ccc([C@H]2c3sc(=O)n(CC(=O)Nc4ccc(F)cc4)c3SC3C(=O)N(c4ccccc4C(F)(F)F)C(=O)C32)cc1. The number of para-hydroxylation sites is 1. The highest BCUT2D eigenvalue weighted by molar-refractivity contribution is 8.00. The van der Waals surface area contributed by atoms with Crippen LogP contribution < -0.4 is 15.1 Å². The van der Waals surface area contributed by atoms with Gasteiger partial charge in [0, 0.05) is 16.5 Å². The topological polar surface area (TPSA) is 88.5 Å². The van der Waals surface area contributed by atoms with Gasteiger partial charge in [-0.05, 0) is 52.9 Å². The van der Waals surface area contributed by atoms with E-state index in [-0.39, 0.29) is 5.41 Å². The van der Waals surface area contributed by atoms with Gasteiger partial charge in [-0.2, -0.15) is 13.2 Å². The first-order valence-corrected chi connectivity index (χ1v) is 15.9. The number of thioether (sulfide) groups is 1. The van der Waals surface area contributed by atoms with Crippen LogP contribution in [0.1, 0.15) is 48.3 Å². The summed E-state index contributed by atoms with van der Waals surface area (Å²) in [4.78, 5) is 54.9. The zero-order chi connectivity index (χ0) is 33.1. The van der Waals surface area contributed by atoms with Gasteiger partial charge in [0.1, 0.15) is 17.6 Å². The highest BCUT2D eigenvalue weighted by Gasteiger charge is 2.57. The van der Waals surface area contributed by atoms with Crippen molar-refractivity contribution in [3.05, 3.63) is 110 Å². The molecule has 0 aliphatic carbocycles. The minimum atomic E-state index is -4.82. The lowest BCUT2D eigenvalue weighted by molar-refractivity contribution is -0.137. The number of nitrogens with zero attached hydrogens (tertiary/aromatic N) is 2. The van der Waals surface area contributed by atoms with Gasteiger partial charge in [-0.3, -0.25) is 23.7 Å². The number of anilines is 2. The average Bonchev–Trinajstić information content (AvgIpc) is 3.43. The van der Waals surface area contributed by atoms with E-state index in [1.54, 1.807) is 0 Å². The summed E-state index contributed by atoms with van der Waals surface area (Å²) >= 11 is 1.74. The highest BCUT2D eigenvalue weighted by atomic mass is 32.2. The molecule has 2 aliphatic heterocycles. The van der Waals surface area contributed by atoms with Crippen LogP contribution in [0.4, 0.5) is 28.9 Å². The summed E-state index contributed by atoms with van der Waals surface area (Å²) in [5.41, 5.74) is 0.0509. The van der Waals surface area contributed by atoms with Gasteiger partial charge >= 0.3 is 11.0 Å². The number of alkyl halides is 3. The number of amides is 3. The van der Waals surface area contributed by atoms with Gasteiger partial charge < -0.3 is 5.32 Å². The number of benzene rings is 3. The fourth-order valence-electron chi connectivity index (χ4n) is 5.83. The van der Waals surface area contributed by atoms with Crippen LogP contribution in [-0.4, -0.2) is 27.5 Å². The number of hydrogen-bond donors (Lipinski definition) is 1. The third kappa shape index (κ3) is 5.66. The van der Waals surface area contributed by atoms with E-state index in [2.05, 4.69) is 5.32 Å². The number of halogens is 4. The fraction of sp³-hybridized carbons (Fsp3) is 0.273. The van der Waals surface area contributed by atoms with Crippen molar-refractivity contribution in [1.29, 1.82) is 0 Å². The molecule has 0 radical (unpaired) electrons. The van der Waals surface area contributed by atoms with E-state index in [0.29, 0.717) is 26.1 Å². The van der Waals surface area contributed by atoms with E-state index < -0.39 is 69.5 Å². The molecule has 2 aliphatic rings. The quantitative estimate of drug-likeness (QED) is 0.187. The summed E-state index contributed by atoms with van der Waals surface area (Å²) < 4.78 is 56.6. The Morgan fingerprint density at radius 1 is 0.891 bits per heavy atom. The van der Waals surface area contributed by atoms with E-state index in [1.165, 1.54) is 41.0 Å². The Labute approximate surface area is 269 Å². The Balaban J connectivity index is 1.44. The molecule has 1 saturated heterocycles. The smallest absolute Gasteiger partial charge is 0.325 e. The van der Waals surface area contributed by atoms with E-state index in [4.69, 9.17) is 0 Å². The summed E-state index contributed by atoms with van der Waals surface area (Å²) in [6, 6.07) is 16.9. The van der Waals surface area contributed by atoms with Crippen LogP contribution in [0, 0.1) is 11.7 Å². The molecule has 0 saturated carbocycles. The maximum atomic E-state index is 14.1. The molecule has 1 fully saturated rings. The van der Waals surface area contributed by atoms with Crippen LogP contribution in [-0.2, 0) is 32.5 Å². The molecule has 13 heteroatoms. The molecular formula is C33H27F4N3O4S2. The van der Waals surface area contributed by atoms with E-state index in [1.807, 2.05) is 45.0 Å². The Kier molecular flexibility index (Phi) is 7.96. The molecular weight excluding hydrogens is 643 g/mol. The summed E-state index contributed by atoms with van der Waals surface area (Å²) in [7, 11) is 0. The first kappa shape index (κ1) is 31.7. The molecule has 2 unspecified atom stereocenters. The second kappa shape index (κ2) is 11.5. The van der Waals surface area contributed by atoms with E-state index in [9.17, 15) is 36.7 Å². The second-order valence-electron chi connectivity index (χ2n) is 12.1. The predicted molar refractivity (Wildman–Crippen MR) is 168 cm³/mol. The second-order valence-corrected chi connectivity index (χ2v) is 14.2. The molecule has 3 heterocycles. The molecule has 0 bridgehead atoms. The molecule has 3 atom stereocenters. The zero-order valence-corrected chi connectivity index (χ0v) is 26.4. The maximum Gasteiger partial charge on any atom is 0.418 e. The molecule has 238 valence electrons. The van der Waals surface area contributed by atoms with Crippen LogP contribution in [0.25, 0.3) is 0 Å². The van der Waals surface area contributed by atoms with Crippen molar-refractivity contribution in [3.63, 3.8) is 0 Å². The summed E-state index contributed by atoms with van der Waals surface area (Å²) in [6.07, 6.45) is -4.82. The van der Waals surface area contributed by atoms with E-state index in [0.717, 1.165) is 40.8 Å². The zero-order valence-electron chi connectivity index (χ0n) is 24.7.